The van der Waals surface area contributed by atoms with E-state index in [2.05, 4.69) is 264 Å². The van der Waals surface area contributed by atoms with Crippen molar-refractivity contribution in [2.45, 2.75) is 0 Å². The molecule has 0 amide bonds. The van der Waals surface area contributed by atoms with Crippen LogP contribution in [0.25, 0.3) is 115 Å². The van der Waals surface area contributed by atoms with Gasteiger partial charge in [0, 0.05) is 44.3 Å². The second-order valence-electron chi connectivity index (χ2n) is 18.5. The Morgan fingerprint density at radius 3 is 1.41 bits per heavy atom. The molecule has 332 valence electrons. The van der Waals surface area contributed by atoms with Gasteiger partial charge in [0.25, 0.3) is 0 Å². The summed E-state index contributed by atoms with van der Waals surface area (Å²) in [5, 5.41) is 9.82. The van der Waals surface area contributed by atoms with Crippen LogP contribution in [-0.2, 0) is 0 Å². The minimum atomic E-state index is 0.888. The molecule has 0 aliphatic heterocycles. The van der Waals surface area contributed by atoms with Crippen molar-refractivity contribution in [1.82, 2.24) is 4.57 Å². The van der Waals surface area contributed by atoms with Gasteiger partial charge < -0.3 is 13.9 Å². The molecule has 0 aliphatic rings. The van der Waals surface area contributed by atoms with Gasteiger partial charge in [0.05, 0.1) is 11.0 Å². The van der Waals surface area contributed by atoms with E-state index >= 15 is 0 Å². The van der Waals surface area contributed by atoms with Crippen molar-refractivity contribution < 1.29 is 4.42 Å². The number of benzene rings is 12. The normalized spacial score (nSPS) is 11.7. The number of anilines is 3. The topological polar surface area (TPSA) is 21.3 Å². The number of furan rings is 1. The Bertz CT molecular complexity index is 4290. The van der Waals surface area contributed by atoms with Crippen LogP contribution in [0.3, 0.4) is 0 Å². The second kappa shape index (κ2) is 16.7. The summed E-state index contributed by atoms with van der Waals surface area (Å²) in [6.45, 7) is 0. The maximum Gasteiger partial charge on any atom is 0.136 e. The summed E-state index contributed by atoms with van der Waals surface area (Å²) in [7, 11) is 0. The molecule has 3 nitrogen and oxygen atoms in total. The Labute approximate surface area is 411 Å². The van der Waals surface area contributed by atoms with Crippen molar-refractivity contribution in [1.29, 1.82) is 0 Å². The van der Waals surface area contributed by atoms with Crippen molar-refractivity contribution in [3.63, 3.8) is 0 Å². The molecule has 0 aliphatic carbocycles. The minimum Gasteiger partial charge on any atom is -0.456 e. The van der Waals surface area contributed by atoms with Gasteiger partial charge in [-0.3, -0.25) is 0 Å². The zero-order valence-electron chi connectivity index (χ0n) is 38.7. The molecule has 0 bridgehead atoms. The van der Waals surface area contributed by atoms with Crippen LogP contribution in [0.1, 0.15) is 0 Å². The molecule has 0 fully saturated rings. The predicted molar refractivity (Wildman–Crippen MR) is 299 cm³/mol. The molecule has 0 N–H and O–H groups in total. The third-order valence-corrected chi connectivity index (χ3v) is 14.4. The SMILES string of the molecule is c1cc(-c2ccc3c(ccc4ccccc43)c2)cc(N(c2ccc(-c3ccc(-c4cccc(-n5c6ccccc6c6ccccc65)c4)cc3)cc2)c2cccc(-c3ccc4c(c3)oc3ccccc34)c2)c1. The van der Waals surface area contributed by atoms with Crippen LogP contribution in [-0.4, -0.2) is 4.57 Å². The Balaban J connectivity index is 0.818. The Morgan fingerprint density at radius 1 is 0.254 bits per heavy atom. The number of fused-ring (bicyclic) bond motifs is 9. The van der Waals surface area contributed by atoms with E-state index in [1.54, 1.807) is 0 Å². The maximum atomic E-state index is 6.34. The second-order valence-corrected chi connectivity index (χ2v) is 18.5. The monoisotopic (exact) mass is 904 g/mol. The van der Waals surface area contributed by atoms with E-state index in [0.29, 0.717) is 0 Å². The number of rotatable bonds is 8. The number of hydrogen-bond acceptors (Lipinski definition) is 2. The van der Waals surface area contributed by atoms with Gasteiger partial charge in [0.2, 0.25) is 0 Å². The maximum absolute atomic E-state index is 6.34. The Morgan fingerprint density at radius 2 is 0.718 bits per heavy atom. The van der Waals surface area contributed by atoms with Gasteiger partial charge in [-0.15, -0.1) is 0 Å². The van der Waals surface area contributed by atoms with Crippen molar-refractivity contribution >= 4 is 82.4 Å². The average Bonchev–Trinajstić information content (AvgIpc) is 3.99. The highest BCUT2D eigenvalue weighted by Gasteiger charge is 2.17. The van der Waals surface area contributed by atoms with Gasteiger partial charge >= 0.3 is 0 Å². The van der Waals surface area contributed by atoms with E-state index < -0.39 is 0 Å². The Hall–Kier alpha value is -9.44. The zero-order chi connectivity index (χ0) is 46.8. The number of nitrogens with zero attached hydrogens (tertiary/aromatic N) is 2. The van der Waals surface area contributed by atoms with Gasteiger partial charge in [-0.25, -0.2) is 0 Å². The van der Waals surface area contributed by atoms with E-state index in [-0.39, 0.29) is 0 Å². The fourth-order valence-corrected chi connectivity index (χ4v) is 10.9. The predicted octanol–water partition coefficient (Wildman–Crippen LogP) is 19.1. The molecule has 2 heterocycles. The van der Waals surface area contributed by atoms with Crippen LogP contribution < -0.4 is 4.90 Å². The van der Waals surface area contributed by atoms with Crippen LogP contribution in [0, 0.1) is 0 Å². The summed E-state index contributed by atoms with van der Waals surface area (Å²) < 4.78 is 8.72. The van der Waals surface area contributed by atoms with Crippen LogP contribution in [0.2, 0.25) is 0 Å². The zero-order valence-corrected chi connectivity index (χ0v) is 38.7. The van der Waals surface area contributed by atoms with Crippen LogP contribution in [0.4, 0.5) is 17.1 Å². The van der Waals surface area contributed by atoms with Gasteiger partial charge in [-0.05, 0) is 151 Å². The summed E-state index contributed by atoms with van der Waals surface area (Å²) >= 11 is 0. The molecular weight excluding hydrogens is 861 g/mol. The molecule has 0 atom stereocenters. The van der Waals surface area contributed by atoms with E-state index in [9.17, 15) is 0 Å². The smallest absolute Gasteiger partial charge is 0.136 e. The standard InChI is InChI=1S/C68H44N2O/c1-2-19-59-48(12-1)30-31-54-40-52(34-38-60(54)59)50-14-10-16-56(42-50)69(57-17-11-15-51(43-57)53-35-39-64-63-22-5-8-25-67(63)71-68(64)44-53)55-36-32-46(33-37-55)45-26-28-47(29-27-45)49-13-9-18-58(41-49)70-65-23-6-3-20-61(65)62-21-4-7-24-66(62)70/h1-44H. The van der Waals surface area contributed by atoms with Crippen LogP contribution in [0.5, 0.6) is 0 Å². The molecule has 12 aromatic carbocycles. The molecule has 0 unspecified atom stereocenters. The van der Waals surface area contributed by atoms with Crippen molar-refractivity contribution in [2.75, 3.05) is 4.90 Å². The lowest BCUT2D eigenvalue weighted by molar-refractivity contribution is 0.669. The quantitative estimate of drug-likeness (QED) is 0.142. The first-order chi connectivity index (χ1) is 35.2. The molecule has 0 radical (unpaired) electrons. The fraction of sp³-hybridized carbons (Fsp3) is 0. The van der Waals surface area contributed by atoms with Gasteiger partial charge in [0.1, 0.15) is 11.2 Å². The lowest BCUT2D eigenvalue weighted by Crippen LogP contribution is -2.10. The molecule has 14 rings (SSSR count). The average molecular weight is 905 g/mol. The van der Waals surface area contributed by atoms with E-state index in [1.807, 2.05) is 12.1 Å². The summed E-state index contributed by atoms with van der Waals surface area (Å²) in [6.07, 6.45) is 0. The highest BCUT2D eigenvalue weighted by molar-refractivity contribution is 6.10. The van der Waals surface area contributed by atoms with Crippen molar-refractivity contribution in [3.8, 4) is 50.2 Å². The van der Waals surface area contributed by atoms with E-state index in [4.69, 9.17) is 4.42 Å². The van der Waals surface area contributed by atoms with Crippen LogP contribution in [0.15, 0.2) is 271 Å². The number of aromatic nitrogens is 1. The van der Waals surface area contributed by atoms with Crippen molar-refractivity contribution in [3.05, 3.63) is 267 Å². The molecular formula is C68H44N2O. The highest BCUT2D eigenvalue weighted by Crippen LogP contribution is 2.41. The molecule has 14 aromatic rings. The largest absolute Gasteiger partial charge is 0.456 e. The molecule has 71 heavy (non-hydrogen) atoms. The van der Waals surface area contributed by atoms with Gasteiger partial charge in [0.15, 0.2) is 0 Å². The fourth-order valence-electron chi connectivity index (χ4n) is 10.9. The molecule has 0 saturated heterocycles. The van der Waals surface area contributed by atoms with Crippen LogP contribution >= 0.6 is 0 Å². The first-order valence-corrected chi connectivity index (χ1v) is 24.3. The Kier molecular flexibility index (Phi) is 9.53. The number of hydrogen-bond donors (Lipinski definition) is 0. The van der Waals surface area contributed by atoms with E-state index in [1.165, 1.54) is 65.6 Å². The number of para-hydroxylation sites is 3. The summed E-state index contributed by atoms with van der Waals surface area (Å²) in [6, 6.07) is 96.8. The lowest BCUT2D eigenvalue weighted by atomic mass is 9.97. The van der Waals surface area contributed by atoms with Gasteiger partial charge in [-0.1, -0.05) is 182 Å². The first-order valence-electron chi connectivity index (χ1n) is 24.3. The van der Waals surface area contributed by atoms with Gasteiger partial charge in [-0.2, -0.15) is 0 Å². The minimum absolute atomic E-state index is 0.888. The molecule has 0 spiro atoms. The summed E-state index contributed by atoms with van der Waals surface area (Å²) in [5.41, 5.74) is 17.8. The summed E-state index contributed by atoms with van der Waals surface area (Å²) in [4.78, 5) is 2.37. The highest BCUT2D eigenvalue weighted by atomic mass is 16.3. The third-order valence-electron chi connectivity index (χ3n) is 14.4. The third kappa shape index (κ3) is 7.06. The molecule has 3 heteroatoms. The summed E-state index contributed by atoms with van der Waals surface area (Å²) in [5.74, 6) is 0. The van der Waals surface area contributed by atoms with Crippen molar-refractivity contribution in [2.24, 2.45) is 0 Å². The lowest BCUT2D eigenvalue weighted by Gasteiger charge is -2.27. The molecule has 0 saturated carbocycles. The first kappa shape index (κ1) is 40.6. The van der Waals surface area contributed by atoms with E-state index in [0.717, 1.165) is 66.9 Å². The molecule has 2 aromatic heterocycles.